The van der Waals surface area contributed by atoms with Crippen LogP contribution >= 0.6 is 0 Å². The molecule has 2 aliphatic rings. The van der Waals surface area contributed by atoms with Gasteiger partial charge in [0, 0.05) is 18.3 Å². The second kappa shape index (κ2) is 4.63. The Morgan fingerprint density at radius 3 is 2.53 bits per heavy atom. The lowest BCUT2D eigenvalue weighted by atomic mass is 9.88. The minimum Gasteiger partial charge on any atom is -0.486 e. The molecule has 0 aliphatic carbocycles. The van der Waals surface area contributed by atoms with Crippen LogP contribution in [0.3, 0.4) is 0 Å². The van der Waals surface area contributed by atoms with Crippen molar-refractivity contribution in [3.63, 3.8) is 0 Å². The van der Waals surface area contributed by atoms with E-state index in [9.17, 15) is 0 Å². The minimum atomic E-state index is -0.389. The molecule has 0 saturated carbocycles. The Morgan fingerprint density at radius 1 is 1.26 bits per heavy atom. The average Bonchev–Trinajstić information content (AvgIpc) is 2.38. The summed E-state index contributed by atoms with van der Waals surface area (Å²) in [6.45, 7) is 4.76. The third-order valence-electron chi connectivity index (χ3n) is 3.50. The van der Waals surface area contributed by atoms with E-state index in [-0.39, 0.29) is 5.41 Å². The maximum Gasteiger partial charge on any atom is 0.163 e. The summed E-state index contributed by atoms with van der Waals surface area (Å²) in [6.07, 6.45) is 0. The number of hydrogen-bond acceptors (Lipinski definition) is 5. The number of nitrogens with zero attached hydrogens (tertiary/aromatic N) is 1. The molecule has 0 radical (unpaired) electrons. The number of nitriles is 1. The summed E-state index contributed by atoms with van der Waals surface area (Å²) in [7, 11) is 0. The van der Waals surface area contributed by atoms with E-state index in [1.165, 1.54) is 0 Å². The van der Waals surface area contributed by atoms with Gasteiger partial charge < -0.3 is 19.5 Å². The third-order valence-corrected chi connectivity index (χ3v) is 3.50. The van der Waals surface area contributed by atoms with Gasteiger partial charge >= 0.3 is 0 Å². The van der Waals surface area contributed by atoms with Crippen LogP contribution in [0.15, 0.2) is 12.1 Å². The Bertz CT molecular complexity index is 532. The molecule has 0 atom stereocenters. The van der Waals surface area contributed by atoms with Crippen LogP contribution in [0.5, 0.6) is 11.5 Å². The van der Waals surface area contributed by atoms with Crippen molar-refractivity contribution in [2.24, 2.45) is 5.41 Å². The average molecular weight is 260 g/mol. The van der Waals surface area contributed by atoms with Crippen LogP contribution in [0.4, 0.5) is 5.69 Å². The van der Waals surface area contributed by atoms with Gasteiger partial charge in [-0.1, -0.05) is 0 Å². The van der Waals surface area contributed by atoms with Crippen LogP contribution in [0.1, 0.15) is 5.56 Å². The maximum absolute atomic E-state index is 9.16. The SMILES string of the molecule is Cc1cc2c(cc1NCC1(C#N)COC1)OCCO2. The Morgan fingerprint density at radius 2 is 1.95 bits per heavy atom. The third kappa shape index (κ3) is 2.20. The topological polar surface area (TPSA) is 63.5 Å². The van der Waals surface area contributed by atoms with E-state index in [4.69, 9.17) is 19.5 Å². The van der Waals surface area contributed by atoms with Gasteiger partial charge in [-0.15, -0.1) is 0 Å². The highest BCUT2D eigenvalue weighted by atomic mass is 16.6. The van der Waals surface area contributed by atoms with Crippen molar-refractivity contribution in [2.45, 2.75) is 6.92 Å². The van der Waals surface area contributed by atoms with Crippen LogP contribution < -0.4 is 14.8 Å². The molecule has 1 fully saturated rings. The maximum atomic E-state index is 9.16. The summed E-state index contributed by atoms with van der Waals surface area (Å²) >= 11 is 0. The van der Waals surface area contributed by atoms with Crippen molar-refractivity contribution in [3.05, 3.63) is 17.7 Å². The Hall–Kier alpha value is -1.93. The molecule has 0 amide bonds. The molecule has 0 aromatic heterocycles. The number of fused-ring (bicyclic) bond motifs is 1. The van der Waals surface area contributed by atoms with Crippen molar-refractivity contribution in [2.75, 3.05) is 38.3 Å². The second-order valence-electron chi connectivity index (χ2n) is 5.05. The summed E-state index contributed by atoms with van der Waals surface area (Å²) in [5.41, 5.74) is 1.67. The Labute approximate surface area is 112 Å². The van der Waals surface area contributed by atoms with E-state index in [1.54, 1.807) is 0 Å². The summed E-state index contributed by atoms with van der Waals surface area (Å²) in [5, 5.41) is 12.5. The molecule has 1 aromatic rings. The van der Waals surface area contributed by atoms with Gasteiger partial charge in [0.15, 0.2) is 11.5 Å². The molecule has 3 rings (SSSR count). The molecule has 2 aliphatic heterocycles. The zero-order chi connectivity index (χ0) is 13.3. The van der Waals surface area contributed by atoms with Crippen molar-refractivity contribution in [1.82, 2.24) is 0 Å². The van der Waals surface area contributed by atoms with E-state index < -0.39 is 0 Å². The quantitative estimate of drug-likeness (QED) is 0.896. The first-order valence-electron chi connectivity index (χ1n) is 6.36. The van der Waals surface area contributed by atoms with Gasteiger partial charge in [0.25, 0.3) is 0 Å². The number of anilines is 1. The molecule has 0 bridgehead atoms. The molecule has 5 nitrogen and oxygen atoms in total. The van der Waals surface area contributed by atoms with Crippen LogP contribution in [0.25, 0.3) is 0 Å². The van der Waals surface area contributed by atoms with Crippen LogP contribution in [0, 0.1) is 23.7 Å². The molecular formula is C14H16N2O3. The van der Waals surface area contributed by atoms with E-state index in [0.717, 1.165) is 22.7 Å². The number of rotatable bonds is 3. The smallest absolute Gasteiger partial charge is 0.163 e. The molecule has 1 saturated heterocycles. The molecule has 0 unspecified atom stereocenters. The Kier molecular flexibility index (Phi) is 2.96. The van der Waals surface area contributed by atoms with Crippen molar-refractivity contribution < 1.29 is 14.2 Å². The fourth-order valence-electron chi connectivity index (χ4n) is 2.20. The number of hydrogen-bond donors (Lipinski definition) is 1. The van der Waals surface area contributed by atoms with Gasteiger partial charge in [0.2, 0.25) is 0 Å². The van der Waals surface area contributed by atoms with E-state index in [0.29, 0.717) is 33.0 Å². The molecule has 2 heterocycles. The zero-order valence-corrected chi connectivity index (χ0v) is 10.9. The lowest BCUT2D eigenvalue weighted by molar-refractivity contribution is -0.0690. The molecule has 100 valence electrons. The number of benzene rings is 1. The molecular weight excluding hydrogens is 244 g/mol. The number of aryl methyl sites for hydroxylation is 1. The van der Waals surface area contributed by atoms with Gasteiger partial charge in [-0.3, -0.25) is 0 Å². The zero-order valence-electron chi connectivity index (χ0n) is 10.9. The van der Waals surface area contributed by atoms with Crippen molar-refractivity contribution >= 4 is 5.69 Å². The molecule has 19 heavy (non-hydrogen) atoms. The van der Waals surface area contributed by atoms with Gasteiger partial charge in [0.05, 0.1) is 19.3 Å². The van der Waals surface area contributed by atoms with Crippen molar-refractivity contribution in [3.8, 4) is 17.6 Å². The lowest BCUT2D eigenvalue weighted by Gasteiger charge is -2.35. The molecule has 1 N–H and O–H groups in total. The van der Waals surface area contributed by atoms with Gasteiger partial charge in [-0.25, -0.2) is 0 Å². The molecule has 5 heteroatoms. The Balaban J connectivity index is 1.76. The van der Waals surface area contributed by atoms with E-state index in [1.807, 2.05) is 19.1 Å². The van der Waals surface area contributed by atoms with E-state index >= 15 is 0 Å². The molecule has 0 spiro atoms. The molecule has 1 aromatic carbocycles. The highest BCUT2D eigenvalue weighted by molar-refractivity contribution is 5.60. The first-order valence-corrected chi connectivity index (χ1v) is 6.36. The summed E-state index contributed by atoms with van der Waals surface area (Å²) in [6, 6.07) is 6.23. The monoisotopic (exact) mass is 260 g/mol. The second-order valence-corrected chi connectivity index (χ2v) is 5.05. The number of ether oxygens (including phenoxy) is 3. The van der Waals surface area contributed by atoms with E-state index in [2.05, 4.69) is 11.4 Å². The summed E-state index contributed by atoms with van der Waals surface area (Å²) in [4.78, 5) is 0. The number of nitrogens with one attached hydrogen (secondary N) is 1. The summed E-state index contributed by atoms with van der Waals surface area (Å²) < 4.78 is 16.2. The lowest BCUT2D eigenvalue weighted by Crippen LogP contribution is -2.46. The first kappa shape index (κ1) is 12.1. The van der Waals surface area contributed by atoms with Crippen LogP contribution in [0.2, 0.25) is 0 Å². The van der Waals surface area contributed by atoms with Gasteiger partial charge in [-0.2, -0.15) is 5.26 Å². The standard InChI is InChI=1S/C14H16N2O3/c1-10-4-12-13(19-3-2-18-12)5-11(10)16-7-14(6-15)8-17-9-14/h4-5,16H,2-3,7-9H2,1H3. The predicted molar refractivity (Wildman–Crippen MR) is 69.5 cm³/mol. The van der Waals surface area contributed by atoms with Gasteiger partial charge in [-0.05, 0) is 18.6 Å². The highest BCUT2D eigenvalue weighted by Gasteiger charge is 2.38. The first-order chi connectivity index (χ1) is 9.22. The predicted octanol–water partition coefficient (Wildman–Crippen LogP) is 1.72. The van der Waals surface area contributed by atoms with Crippen LogP contribution in [-0.4, -0.2) is 33.0 Å². The minimum absolute atomic E-state index is 0.389. The van der Waals surface area contributed by atoms with Gasteiger partial charge in [0.1, 0.15) is 18.6 Å². The summed E-state index contributed by atoms with van der Waals surface area (Å²) in [5.74, 6) is 1.55. The van der Waals surface area contributed by atoms with Crippen LogP contribution in [-0.2, 0) is 4.74 Å². The fourth-order valence-corrected chi connectivity index (χ4v) is 2.20. The van der Waals surface area contributed by atoms with Crippen molar-refractivity contribution in [1.29, 1.82) is 5.26 Å². The fraction of sp³-hybridized carbons (Fsp3) is 0.500. The largest absolute Gasteiger partial charge is 0.486 e. The normalized spacial score (nSPS) is 19.2. The highest BCUT2D eigenvalue weighted by Crippen LogP contribution is 2.36.